The molecule has 0 aliphatic heterocycles. The van der Waals surface area contributed by atoms with Crippen LogP contribution in [0.2, 0.25) is 0 Å². The third-order valence-corrected chi connectivity index (χ3v) is 3.69. The number of carbonyl (C=O) groups excluding carboxylic acids is 1. The molecule has 0 heterocycles. The molecule has 1 N–H and O–H groups in total. The highest BCUT2D eigenvalue weighted by Gasteiger charge is 2.29. The number of alkyl halides is 3. The number of carbonyl (C=O) groups is 1. The van der Waals surface area contributed by atoms with E-state index in [9.17, 15) is 18.0 Å². The van der Waals surface area contributed by atoms with Gasteiger partial charge in [-0.15, -0.1) is 0 Å². The van der Waals surface area contributed by atoms with E-state index in [-0.39, 0.29) is 11.8 Å². The maximum atomic E-state index is 12.5. The number of rotatable bonds is 5. The topological polar surface area (TPSA) is 29.1 Å². The molecule has 0 aromatic heterocycles. The molecular formula is C18H18F3NO. The normalized spacial score (nSPS) is 12.7. The van der Waals surface area contributed by atoms with E-state index in [1.54, 1.807) is 0 Å². The van der Waals surface area contributed by atoms with Crippen molar-refractivity contribution in [3.8, 4) is 0 Å². The number of benzene rings is 2. The van der Waals surface area contributed by atoms with Crippen molar-refractivity contribution in [2.45, 2.75) is 25.4 Å². The van der Waals surface area contributed by atoms with Gasteiger partial charge in [0.25, 0.3) is 0 Å². The maximum Gasteiger partial charge on any atom is 0.416 e. The van der Waals surface area contributed by atoms with Crippen LogP contribution in [0.15, 0.2) is 54.6 Å². The van der Waals surface area contributed by atoms with Gasteiger partial charge in [-0.25, -0.2) is 0 Å². The zero-order chi connectivity index (χ0) is 16.9. The van der Waals surface area contributed by atoms with Crippen molar-refractivity contribution in [1.82, 2.24) is 5.32 Å². The highest BCUT2D eigenvalue weighted by molar-refractivity contribution is 5.83. The number of hydrogen-bond acceptors (Lipinski definition) is 1. The molecule has 2 rings (SSSR count). The van der Waals surface area contributed by atoms with Gasteiger partial charge in [0.05, 0.1) is 11.5 Å². The second-order valence-corrected chi connectivity index (χ2v) is 5.37. The largest absolute Gasteiger partial charge is 0.416 e. The summed E-state index contributed by atoms with van der Waals surface area (Å²) in [6.07, 6.45) is -3.83. The molecule has 0 radical (unpaired) electrons. The molecule has 23 heavy (non-hydrogen) atoms. The molecule has 0 aliphatic carbocycles. The van der Waals surface area contributed by atoms with Gasteiger partial charge in [0, 0.05) is 6.54 Å². The average molecular weight is 321 g/mol. The Labute approximate surface area is 133 Å². The van der Waals surface area contributed by atoms with Crippen LogP contribution in [0.1, 0.15) is 29.5 Å². The van der Waals surface area contributed by atoms with Crippen molar-refractivity contribution in [3.63, 3.8) is 0 Å². The van der Waals surface area contributed by atoms with E-state index in [1.165, 1.54) is 12.1 Å². The molecule has 2 nitrogen and oxygen atoms in total. The quantitative estimate of drug-likeness (QED) is 0.880. The highest BCUT2D eigenvalue weighted by atomic mass is 19.4. The van der Waals surface area contributed by atoms with Gasteiger partial charge in [-0.1, -0.05) is 42.5 Å². The Hall–Kier alpha value is -2.30. The summed E-state index contributed by atoms with van der Waals surface area (Å²) < 4.78 is 37.4. The Balaban J connectivity index is 1.84. The zero-order valence-corrected chi connectivity index (χ0v) is 12.7. The molecule has 0 fully saturated rings. The minimum Gasteiger partial charge on any atom is -0.355 e. The van der Waals surface area contributed by atoms with Crippen LogP contribution in [-0.4, -0.2) is 12.5 Å². The minimum atomic E-state index is -4.32. The molecule has 1 unspecified atom stereocenters. The number of nitrogens with one attached hydrogen (secondary N) is 1. The van der Waals surface area contributed by atoms with Crippen molar-refractivity contribution >= 4 is 5.91 Å². The van der Waals surface area contributed by atoms with Crippen LogP contribution >= 0.6 is 0 Å². The van der Waals surface area contributed by atoms with E-state index in [0.29, 0.717) is 13.0 Å². The molecule has 5 heteroatoms. The molecule has 0 saturated carbocycles. The monoisotopic (exact) mass is 321 g/mol. The van der Waals surface area contributed by atoms with Crippen molar-refractivity contribution in [3.05, 3.63) is 71.3 Å². The summed E-state index contributed by atoms with van der Waals surface area (Å²) in [6.45, 7) is 2.21. The molecule has 2 aromatic carbocycles. The van der Waals surface area contributed by atoms with Gasteiger partial charge in [-0.3, -0.25) is 4.79 Å². The molecule has 0 bridgehead atoms. The molecule has 2 aromatic rings. The summed E-state index contributed by atoms with van der Waals surface area (Å²) in [6, 6.07) is 14.4. The van der Waals surface area contributed by atoms with Crippen molar-refractivity contribution in [2.75, 3.05) is 6.54 Å². The predicted molar refractivity (Wildman–Crippen MR) is 83.0 cm³/mol. The Morgan fingerprint density at radius 3 is 2.22 bits per heavy atom. The van der Waals surface area contributed by atoms with Crippen LogP contribution in [-0.2, 0) is 17.4 Å². The minimum absolute atomic E-state index is 0.0943. The number of amides is 1. The molecule has 0 saturated heterocycles. The van der Waals surface area contributed by atoms with Crippen LogP contribution in [0.5, 0.6) is 0 Å². The van der Waals surface area contributed by atoms with Crippen LogP contribution < -0.4 is 5.32 Å². The average Bonchev–Trinajstić information content (AvgIpc) is 2.54. The lowest BCUT2D eigenvalue weighted by atomic mass is 10.0. The first-order valence-corrected chi connectivity index (χ1v) is 7.36. The van der Waals surface area contributed by atoms with Crippen molar-refractivity contribution < 1.29 is 18.0 Å². The second-order valence-electron chi connectivity index (χ2n) is 5.37. The summed E-state index contributed by atoms with van der Waals surface area (Å²) in [7, 11) is 0. The zero-order valence-electron chi connectivity index (χ0n) is 12.7. The van der Waals surface area contributed by atoms with Crippen LogP contribution in [0.25, 0.3) is 0 Å². The van der Waals surface area contributed by atoms with E-state index in [2.05, 4.69) is 5.32 Å². The fourth-order valence-electron chi connectivity index (χ4n) is 2.24. The van der Waals surface area contributed by atoms with Gasteiger partial charge in [0.2, 0.25) is 5.91 Å². The van der Waals surface area contributed by atoms with Crippen molar-refractivity contribution in [2.24, 2.45) is 0 Å². The Morgan fingerprint density at radius 2 is 1.65 bits per heavy atom. The predicted octanol–water partition coefficient (Wildman–Crippen LogP) is 4.17. The first kappa shape index (κ1) is 17.1. The molecule has 122 valence electrons. The summed E-state index contributed by atoms with van der Waals surface area (Å²) in [5.41, 5.74) is 1.02. The summed E-state index contributed by atoms with van der Waals surface area (Å²) in [5, 5.41) is 2.81. The van der Waals surface area contributed by atoms with Gasteiger partial charge >= 0.3 is 6.18 Å². The van der Waals surface area contributed by atoms with E-state index in [4.69, 9.17) is 0 Å². The fraction of sp³-hybridized carbons (Fsp3) is 0.278. The second kappa shape index (κ2) is 7.31. The van der Waals surface area contributed by atoms with Crippen molar-refractivity contribution in [1.29, 1.82) is 0 Å². The third kappa shape index (κ3) is 4.84. The summed E-state index contributed by atoms with van der Waals surface area (Å²) in [4.78, 5) is 12.1. The van der Waals surface area contributed by atoms with E-state index in [1.807, 2.05) is 37.3 Å². The van der Waals surface area contributed by atoms with Crippen LogP contribution in [0.3, 0.4) is 0 Å². The number of hydrogen-bond donors (Lipinski definition) is 1. The lowest BCUT2D eigenvalue weighted by Gasteiger charge is -2.13. The first-order chi connectivity index (χ1) is 10.9. The molecular weight excluding hydrogens is 303 g/mol. The van der Waals surface area contributed by atoms with Crippen LogP contribution in [0.4, 0.5) is 13.2 Å². The molecule has 1 amide bonds. The molecule has 0 spiro atoms. The van der Waals surface area contributed by atoms with Gasteiger partial charge in [0.15, 0.2) is 0 Å². The summed E-state index contributed by atoms with van der Waals surface area (Å²) in [5.74, 6) is -0.355. The Bertz CT molecular complexity index is 636. The summed E-state index contributed by atoms with van der Waals surface area (Å²) >= 11 is 0. The van der Waals surface area contributed by atoms with E-state index in [0.717, 1.165) is 23.3 Å². The van der Waals surface area contributed by atoms with Gasteiger partial charge in [-0.2, -0.15) is 13.2 Å². The lowest BCUT2D eigenvalue weighted by Crippen LogP contribution is -2.29. The van der Waals surface area contributed by atoms with E-state index >= 15 is 0 Å². The Morgan fingerprint density at radius 1 is 1.04 bits per heavy atom. The number of halogens is 3. The lowest BCUT2D eigenvalue weighted by molar-refractivity contribution is -0.137. The standard InChI is InChI=1S/C18H18F3NO/c1-13(15-5-3-2-4-6-15)17(23)22-12-11-14-7-9-16(10-8-14)18(19,20)21/h2-10,13H,11-12H2,1H3,(H,22,23). The smallest absolute Gasteiger partial charge is 0.355 e. The van der Waals surface area contributed by atoms with Gasteiger partial charge < -0.3 is 5.32 Å². The first-order valence-electron chi connectivity index (χ1n) is 7.36. The molecule has 0 aliphatic rings. The Kier molecular flexibility index (Phi) is 5.42. The van der Waals surface area contributed by atoms with Crippen LogP contribution in [0, 0.1) is 0 Å². The maximum absolute atomic E-state index is 12.5. The fourth-order valence-corrected chi connectivity index (χ4v) is 2.24. The molecule has 1 atom stereocenters. The third-order valence-electron chi connectivity index (χ3n) is 3.69. The highest BCUT2D eigenvalue weighted by Crippen LogP contribution is 2.29. The van der Waals surface area contributed by atoms with E-state index < -0.39 is 11.7 Å². The SMILES string of the molecule is CC(C(=O)NCCc1ccc(C(F)(F)F)cc1)c1ccccc1. The van der Waals surface area contributed by atoms with Gasteiger partial charge in [-0.05, 0) is 36.6 Å². The van der Waals surface area contributed by atoms with Gasteiger partial charge in [0.1, 0.15) is 0 Å².